The lowest BCUT2D eigenvalue weighted by atomic mass is 10.1. The second kappa shape index (κ2) is 9.36. The number of carbonyl (C=O) groups is 1. The van der Waals surface area contributed by atoms with Gasteiger partial charge in [-0.25, -0.2) is 13.1 Å². The lowest BCUT2D eigenvalue weighted by molar-refractivity contribution is -0.143. The average Bonchev–Trinajstić information content (AvgIpc) is 2.70. The van der Waals surface area contributed by atoms with Crippen molar-refractivity contribution in [3.63, 3.8) is 0 Å². The number of hydrogen-bond donors (Lipinski definition) is 3. The number of aromatic hydroxyl groups is 1. The van der Waals surface area contributed by atoms with Gasteiger partial charge in [-0.05, 0) is 29.8 Å². The van der Waals surface area contributed by atoms with Crippen LogP contribution in [0.2, 0.25) is 0 Å². The summed E-state index contributed by atoms with van der Waals surface area (Å²) in [6, 6.07) is 14.2. The van der Waals surface area contributed by atoms with Crippen molar-refractivity contribution in [3.05, 3.63) is 60.2 Å². The van der Waals surface area contributed by atoms with Gasteiger partial charge in [0.1, 0.15) is 11.8 Å². The van der Waals surface area contributed by atoms with Crippen LogP contribution >= 0.6 is 0 Å². The number of hydrogen-bond acceptors (Lipinski definition) is 6. The van der Waals surface area contributed by atoms with E-state index in [4.69, 9.17) is 0 Å². The molecule has 1 heterocycles. The fourth-order valence-corrected chi connectivity index (χ4v) is 4.38. The molecule has 1 aliphatic rings. The fraction of sp³-hybridized carbons (Fsp3) is 0.350. The van der Waals surface area contributed by atoms with Crippen molar-refractivity contribution in [1.82, 2.24) is 14.5 Å². The molecule has 1 atom stereocenters. The molecule has 2 aromatic rings. The minimum Gasteiger partial charge on any atom is -0.508 e. The summed E-state index contributed by atoms with van der Waals surface area (Å²) in [7, 11) is -3.86. The Morgan fingerprint density at radius 2 is 1.62 bits per heavy atom. The zero-order valence-corrected chi connectivity index (χ0v) is 16.8. The highest BCUT2D eigenvalue weighted by Gasteiger charge is 2.30. The molecule has 29 heavy (non-hydrogen) atoms. The molecule has 0 unspecified atom stereocenters. The highest BCUT2D eigenvalue weighted by atomic mass is 32.2. The summed E-state index contributed by atoms with van der Waals surface area (Å²) < 4.78 is 27.2. The number of sulfonamides is 1. The van der Waals surface area contributed by atoms with Crippen LogP contribution in [0.3, 0.4) is 0 Å². The maximum atomic E-state index is 12.4. The third-order valence-electron chi connectivity index (χ3n) is 5.00. The maximum absolute atomic E-state index is 12.4. The Morgan fingerprint density at radius 3 is 2.21 bits per heavy atom. The van der Waals surface area contributed by atoms with E-state index in [2.05, 4.69) is 21.8 Å². The van der Waals surface area contributed by atoms with Crippen LogP contribution < -0.4 is 4.72 Å². The molecular formula is C20H25N3O5S. The van der Waals surface area contributed by atoms with Gasteiger partial charge in [0.05, 0.1) is 4.90 Å². The van der Waals surface area contributed by atoms with E-state index in [9.17, 15) is 23.4 Å². The molecule has 0 amide bonds. The van der Waals surface area contributed by atoms with E-state index in [1.54, 1.807) is 4.90 Å². The van der Waals surface area contributed by atoms with Crippen LogP contribution in [-0.2, 0) is 21.4 Å². The fourth-order valence-electron chi connectivity index (χ4n) is 3.34. The van der Waals surface area contributed by atoms with Crippen molar-refractivity contribution >= 4 is 16.0 Å². The van der Waals surface area contributed by atoms with E-state index in [0.29, 0.717) is 26.2 Å². The molecule has 0 radical (unpaired) electrons. The van der Waals surface area contributed by atoms with Gasteiger partial charge in [0.2, 0.25) is 10.0 Å². The number of nitrogens with zero attached hydrogens (tertiary/aromatic N) is 2. The van der Waals surface area contributed by atoms with Gasteiger partial charge in [-0.2, -0.15) is 0 Å². The molecule has 2 aromatic carbocycles. The van der Waals surface area contributed by atoms with Gasteiger partial charge < -0.3 is 10.2 Å². The third kappa shape index (κ3) is 5.77. The van der Waals surface area contributed by atoms with E-state index < -0.39 is 22.0 Å². The molecule has 0 bridgehead atoms. The van der Waals surface area contributed by atoms with Crippen molar-refractivity contribution < 1.29 is 23.4 Å². The SMILES string of the molecule is O=C(O)[C@H](CNS(=O)(=O)c1ccc(O)cc1)N1CCN(Cc2ccccc2)CC1. The van der Waals surface area contributed by atoms with Crippen molar-refractivity contribution in [1.29, 1.82) is 0 Å². The van der Waals surface area contributed by atoms with Crippen molar-refractivity contribution in [2.24, 2.45) is 0 Å². The Labute approximate surface area is 170 Å². The van der Waals surface area contributed by atoms with E-state index in [1.807, 2.05) is 18.2 Å². The zero-order chi connectivity index (χ0) is 20.9. The molecule has 1 aliphatic heterocycles. The first-order valence-corrected chi connectivity index (χ1v) is 10.9. The summed E-state index contributed by atoms with van der Waals surface area (Å²) in [4.78, 5) is 15.8. The second-order valence-electron chi connectivity index (χ2n) is 7.00. The van der Waals surface area contributed by atoms with Gasteiger partial charge in [0, 0.05) is 39.3 Å². The molecule has 156 valence electrons. The van der Waals surface area contributed by atoms with Crippen LogP contribution in [0.25, 0.3) is 0 Å². The lowest BCUT2D eigenvalue weighted by Crippen LogP contribution is -2.55. The lowest BCUT2D eigenvalue weighted by Gasteiger charge is -2.37. The minimum absolute atomic E-state index is 0.0212. The summed E-state index contributed by atoms with van der Waals surface area (Å²) in [5, 5.41) is 18.9. The number of aliphatic carboxylic acids is 1. The molecule has 0 spiro atoms. The monoisotopic (exact) mass is 419 g/mol. The molecule has 3 rings (SSSR count). The predicted molar refractivity (Wildman–Crippen MR) is 108 cm³/mol. The Hall–Kier alpha value is -2.46. The number of phenolic OH excluding ortho intramolecular Hbond substituents is 1. The molecular weight excluding hydrogens is 394 g/mol. The number of benzene rings is 2. The van der Waals surface area contributed by atoms with Crippen molar-refractivity contribution in [2.75, 3.05) is 32.7 Å². The zero-order valence-electron chi connectivity index (χ0n) is 15.9. The van der Waals surface area contributed by atoms with Crippen LogP contribution in [-0.4, -0.2) is 73.2 Å². The smallest absolute Gasteiger partial charge is 0.322 e. The topological polar surface area (TPSA) is 110 Å². The van der Waals surface area contributed by atoms with Crippen LogP contribution in [0.5, 0.6) is 5.75 Å². The second-order valence-corrected chi connectivity index (χ2v) is 8.76. The third-order valence-corrected chi connectivity index (χ3v) is 6.43. The van der Waals surface area contributed by atoms with E-state index in [-0.39, 0.29) is 17.2 Å². The van der Waals surface area contributed by atoms with Gasteiger partial charge in [0.15, 0.2) is 0 Å². The number of carboxylic acid groups (broad SMARTS) is 1. The summed E-state index contributed by atoms with van der Waals surface area (Å²) in [6.07, 6.45) is 0. The first kappa shape index (κ1) is 21.3. The largest absolute Gasteiger partial charge is 0.508 e. The quantitative estimate of drug-likeness (QED) is 0.584. The van der Waals surface area contributed by atoms with Crippen LogP contribution in [0.4, 0.5) is 0 Å². The first-order valence-electron chi connectivity index (χ1n) is 9.37. The Balaban J connectivity index is 1.56. The molecule has 8 nitrogen and oxygen atoms in total. The number of carboxylic acids is 1. The Bertz CT molecular complexity index is 911. The number of nitrogens with one attached hydrogen (secondary N) is 1. The van der Waals surface area contributed by atoms with Gasteiger partial charge in [0.25, 0.3) is 0 Å². The first-order chi connectivity index (χ1) is 13.8. The average molecular weight is 420 g/mol. The number of phenols is 1. The van der Waals surface area contributed by atoms with Crippen LogP contribution in [0, 0.1) is 0 Å². The van der Waals surface area contributed by atoms with E-state index in [1.165, 1.54) is 29.8 Å². The molecule has 1 saturated heterocycles. The predicted octanol–water partition coefficient (Wildman–Crippen LogP) is 0.942. The summed E-state index contributed by atoms with van der Waals surface area (Å²) >= 11 is 0. The maximum Gasteiger partial charge on any atom is 0.322 e. The van der Waals surface area contributed by atoms with Crippen LogP contribution in [0.15, 0.2) is 59.5 Å². The summed E-state index contributed by atoms with van der Waals surface area (Å²) in [6.45, 7) is 3.10. The van der Waals surface area contributed by atoms with Gasteiger partial charge in [-0.1, -0.05) is 30.3 Å². The summed E-state index contributed by atoms with van der Waals surface area (Å²) in [5.41, 5.74) is 1.21. The van der Waals surface area contributed by atoms with Crippen molar-refractivity contribution in [2.45, 2.75) is 17.5 Å². The van der Waals surface area contributed by atoms with Gasteiger partial charge in [-0.3, -0.25) is 14.6 Å². The molecule has 3 N–H and O–H groups in total. The minimum atomic E-state index is -3.86. The standard InChI is InChI=1S/C20H25N3O5S/c24-17-6-8-18(9-7-17)29(27,28)21-14-19(20(25)26)23-12-10-22(11-13-23)15-16-4-2-1-3-5-16/h1-9,19,21,24H,10-15H2,(H,25,26)/t19-/m0/s1. The number of piperazine rings is 1. The highest BCUT2D eigenvalue weighted by Crippen LogP contribution is 2.15. The Morgan fingerprint density at radius 1 is 1.00 bits per heavy atom. The Kier molecular flexibility index (Phi) is 6.86. The van der Waals surface area contributed by atoms with Gasteiger partial charge in [-0.15, -0.1) is 0 Å². The van der Waals surface area contributed by atoms with Crippen LogP contribution in [0.1, 0.15) is 5.56 Å². The molecule has 0 aliphatic carbocycles. The normalized spacial score (nSPS) is 17.1. The highest BCUT2D eigenvalue weighted by molar-refractivity contribution is 7.89. The molecule has 0 aromatic heterocycles. The van der Waals surface area contributed by atoms with Gasteiger partial charge >= 0.3 is 5.97 Å². The summed E-state index contributed by atoms with van der Waals surface area (Å²) in [5.74, 6) is -1.10. The number of rotatable bonds is 8. The molecule has 9 heteroatoms. The van der Waals surface area contributed by atoms with E-state index >= 15 is 0 Å². The van der Waals surface area contributed by atoms with Crippen molar-refractivity contribution in [3.8, 4) is 5.75 Å². The molecule has 0 saturated carbocycles. The molecule has 1 fully saturated rings. The van der Waals surface area contributed by atoms with E-state index in [0.717, 1.165) is 6.54 Å².